The number of hydrogen-bond acceptors (Lipinski definition) is 4. The second kappa shape index (κ2) is 5.86. The molecule has 16 heavy (non-hydrogen) atoms. The van der Waals surface area contributed by atoms with E-state index in [2.05, 4.69) is 10.4 Å². The second-order valence-corrected chi connectivity index (χ2v) is 3.83. The summed E-state index contributed by atoms with van der Waals surface area (Å²) < 4.78 is 6.34. The van der Waals surface area contributed by atoms with Gasteiger partial charge in [0.2, 0.25) is 0 Å². The molecular formula is C10H16ClN3O2. The van der Waals surface area contributed by atoms with Gasteiger partial charge < -0.3 is 10.1 Å². The first-order valence-corrected chi connectivity index (χ1v) is 5.47. The van der Waals surface area contributed by atoms with Crippen LogP contribution in [0.4, 0.5) is 0 Å². The van der Waals surface area contributed by atoms with Crippen molar-refractivity contribution in [2.24, 2.45) is 0 Å². The molecular weight excluding hydrogens is 230 g/mol. The molecule has 0 aliphatic heterocycles. The largest absolute Gasteiger partial charge is 0.468 e. The van der Waals surface area contributed by atoms with Crippen molar-refractivity contribution in [3.05, 3.63) is 16.9 Å². The molecule has 0 fully saturated rings. The summed E-state index contributed by atoms with van der Waals surface area (Å²) in [6.45, 7) is 4.85. The van der Waals surface area contributed by atoms with Crippen molar-refractivity contribution in [2.45, 2.75) is 26.4 Å². The molecule has 1 aromatic heterocycles. The van der Waals surface area contributed by atoms with Gasteiger partial charge in [0.05, 0.1) is 24.4 Å². The molecule has 0 bridgehead atoms. The van der Waals surface area contributed by atoms with Crippen LogP contribution in [0.3, 0.4) is 0 Å². The molecule has 0 saturated heterocycles. The number of nitrogens with one attached hydrogen (secondary N) is 1. The molecule has 1 atom stereocenters. The fourth-order valence-corrected chi connectivity index (χ4v) is 1.54. The van der Waals surface area contributed by atoms with Crippen LogP contribution in [0, 0.1) is 6.92 Å². The first kappa shape index (κ1) is 13.0. The summed E-state index contributed by atoms with van der Waals surface area (Å²) in [6.07, 6.45) is 1.70. The highest BCUT2D eigenvalue weighted by Crippen LogP contribution is 2.12. The Balaban J connectivity index is 2.71. The number of methoxy groups -OCH3 is 1. The number of esters is 1. The van der Waals surface area contributed by atoms with E-state index in [1.54, 1.807) is 10.9 Å². The molecule has 6 heteroatoms. The molecule has 0 spiro atoms. The van der Waals surface area contributed by atoms with E-state index in [1.165, 1.54) is 7.11 Å². The number of rotatable bonds is 5. The minimum absolute atomic E-state index is 0.300. The van der Waals surface area contributed by atoms with E-state index in [1.807, 2.05) is 13.8 Å². The Morgan fingerprint density at radius 3 is 2.88 bits per heavy atom. The lowest BCUT2D eigenvalue weighted by Gasteiger charge is -2.14. The van der Waals surface area contributed by atoms with Crippen LogP contribution in [0.15, 0.2) is 6.20 Å². The molecule has 1 N–H and O–H groups in total. The van der Waals surface area contributed by atoms with Gasteiger partial charge in [-0.3, -0.25) is 9.48 Å². The minimum atomic E-state index is -0.398. The Labute approximate surface area is 99.7 Å². The van der Waals surface area contributed by atoms with Crippen molar-refractivity contribution in [2.75, 3.05) is 13.7 Å². The molecule has 1 aromatic rings. The normalized spacial score (nSPS) is 12.5. The standard InChI is InChI=1S/C10H16ClN3O2/c1-4-12-9(10(15)16-3)6-14-5-8(11)7(2)13-14/h5,9,12H,4,6H2,1-3H3. The molecule has 1 rings (SSSR count). The van der Waals surface area contributed by atoms with E-state index in [-0.39, 0.29) is 5.97 Å². The number of ether oxygens (including phenoxy) is 1. The van der Waals surface area contributed by atoms with E-state index in [9.17, 15) is 4.79 Å². The highest BCUT2D eigenvalue weighted by atomic mass is 35.5. The average Bonchev–Trinajstić information content (AvgIpc) is 2.56. The third-order valence-electron chi connectivity index (χ3n) is 2.19. The topological polar surface area (TPSA) is 56.2 Å². The van der Waals surface area contributed by atoms with E-state index >= 15 is 0 Å². The molecule has 0 aromatic carbocycles. The highest BCUT2D eigenvalue weighted by Gasteiger charge is 2.19. The fraction of sp³-hybridized carbons (Fsp3) is 0.600. The number of carbonyl (C=O) groups is 1. The van der Waals surface area contributed by atoms with Crippen LogP contribution in [-0.4, -0.2) is 35.4 Å². The summed E-state index contributed by atoms with van der Waals surface area (Å²) in [6, 6.07) is -0.398. The first-order valence-electron chi connectivity index (χ1n) is 5.09. The monoisotopic (exact) mass is 245 g/mol. The van der Waals surface area contributed by atoms with Crippen molar-refractivity contribution < 1.29 is 9.53 Å². The minimum Gasteiger partial charge on any atom is -0.468 e. The van der Waals surface area contributed by atoms with Gasteiger partial charge in [-0.05, 0) is 13.5 Å². The van der Waals surface area contributed by atoms with Gasteiger partial charge >= 0.3 is 5.97 Å². The molecule has 1 heterocycles. The van der Waals surface area contributed by atoms with E-state index < -0.39 is 6.04 Å². The molecule has 90 valence electrons. The lowest BCUT2D eigenvalue weighted by Crippen LogP contribution is -2.41. The van der Waals surface area contributed by atoms with Crippen LogP contribution in [0.5, 0.6) is 0 Å². The molecule has 0 amide bonds. The van der Waals surface area contributed by atoms with Gasteiger partial charge in [-0.15, -0.1) is 0 Å². The molecule has 0 aliphatic carbocycles. The van der Waals surface area contributed by atoms with Gasteiger partial charge in [-0.1, -0.05) is 18.5 Å². The summed E-state index contributed by atoms with van der Waals surface area (Å²) in [5.74, 6) is -0.300. The molecule has 0 aliphatic rings. The number of carbonyl (C=O) groups excluding carboxylic acids is 1. The maximum Gasteiger partial charge on any atom is 0.324 e. The summed E-state index contributed by atoms with van der Waals surface area (Å²) in [4.78, 5) is 11.4. The number of halogens is 1. The Kier molecular flexibility index (Phi) is 4.76. The summed E-state index contributed by atoms with van der Waals surface area (Å²) in [5.41, 5.74) is 0.752. The number of hydrogen-bond donors (Lipinski definition) is 1. The lowest BCUT2D eigenvalue weighted by atomic mass is 10.3. The molecule has 0 radical (unpaired) electrons. The van der Waals surface area contributed by atoms with Crippen molar-refractivity contribution in [3.63, 3.8) is 0 Å². The van der Waals surface area contributed by atoms with Crippen molar-refractivity contribution >= 4 is 17.6 Å². The van der Waals surface area contributed by atoms with Crippen LogP contribution in [-0.2, 0) is 16.1 Å². The van der Waals surface area contributed by atoms with E-state index in [4.69, 9.17) is 16.3 Å². The number of likely N-dealkylation sites (N-methyl/N-ethyl adjacent to an activating group) is 1. The summed E-state index contributed by atoms with van der Waals surface area (Å²) >= 11 is 5.88. The SMILES string of the molecule is CCNC(Cn1cc(Cl)c(C)n1)C(=O)OC. The van der Waals surface area contributed by atoms with Gasteiger partial charge in [-0.25, -0.2) is 0 Å². The Hall–Kier alpha value is -1.07. The lowest BCUT2D eigenvalue weighted by molar-refractivity contribution is -0.143. The second-order valence-electron chi connectivity index (χ2n) is 3.42. The smallest absolute Gasteiger partial charge is 0.324 e. The Morgan fingerprint density at radius 2 is 2.44 bits per heavy atom. The van der Waals surface area contributed by atoms with E-state index in [0.717, 1.165) is 5.69 Å². The van der Waals surface area contributed by atoms with Crippen molar-refractivity contribution in [3.8, 4) is 0 Å². The summed E-state index contributed by atoms with van der Waals surface area (Å²) in [5, 5.41) is 7.82. The zero-order valence-electron chi connectivity index (χ0n) is 9.66. The predicted molar refractivity (Wildman–Crippen MR) is 61.5 cm³/mol. The number of aromatic nitrogens is 2. The Bertz CT molecular complexity index is 345. The number of aryl methyl sites for hydroxylation is 1. The average molecular weight is 246 g/mol. The van der Waals surface area contributed by atoms with Gasteiger partial charge in [-0.2, -0.15) is 5.10 Å². The zero-order chi connectivity index (χ0) is 12.1. The van der Waals surface area contributed by atoms with E-state index in [0.29, 0.717) is 18.1 Å². The molecule has 0 saturated carbocycles. The predicted octanol–water partition coefficient (Wildman–Crippen LogP) is 0.996. The third kappa shape index (κ3) is 3.21. The zero-order valence-corrected chi connectivity index (χ0v) is 10.4. The molecule has 1 unspecified atom stereocenters. The van der Waals surface area contributed by atoms with Gasteiger partial charge in [0.25, 0.3) is 0 Å². The van der Waals surface area contributed by atoms with Crippen LogP contribution in [0.2, 0.25) is 5.02 Å². The van der Waals surface area contributed by atoms with Gasteiger partial charge in [0.15, 0.2) is 0 Å². The van der Waals surface area contributed by atoms with Crippen molar-refractivity contribution in [1.29, 1.82) is 0 Å². The first-order chi connectivity index (χ1) is 7.58. The summed E-state index contributed by atoms with van der Waals surface area (Å²) in [7, 11) is 1.37. The number of nitrogens with zero attached hydrogens (tertiary/aromatic N) is 2. The van der Waals surface area contributed by atoms with Crippen LogP contribution in [0.25, 0.3) is 0 Å². The maximum atomic E-state index is 11.4. The van der Waals surface area contributed by atoms with Crippen molar-refractivity contribution in [1.82, 2.24) is 15.1 Å². The quantitative estimate of drug-likeness (QED) is 0.787. The van der Waals surface area contributed by atoms with Gasteiger partial charge in [0, 0.05) is 6.20 Å². The third-order valence-corrected chi connectivity index (χ3v) is 2.56. The fourth-order valence-electron chi connectivity index (χ4n) is 1.39. The van der Waals surface area contributed by atoms with Crippen LogP contribution < -0.4 is 5.32 Å². The van der Waals surface area contributed by atoms with Crippen LogP contribution >= 0.6 is 11.6 Å². The maximum absolute atomic E-state index is 11.4. The van der Waals surface area contributed by atoms with Gasteiger partial charge in [0.1, 0.15) is 6.04 Å². The van der Waals surface area contributed by atoms with Crippen LogP contribution in [0.1, 0.15) is 12.6 Å². The molecule has 5 nitrogen and oxygen atoms in total. The highest BCUT2D eigenvalue weighted by molar-refractivity contribution is 6.31. The Morgan fingerprint density at radius 1 is 1.75 bits per heavy atom.